The number of ether oxygens (including phenoxy) is 3. The highest BCUT2D eigenvalue weighted by Crippen LogP contribution is 2.38. The summed E-state index contributed by atoms with van der Waals surface area (Å²) in [7, 11) is 1.49. The van der Waals surface area contributed by atoms with Crippen molar-refractivity contribution in [2.24, 2.45) is 4.99 Å². The molecule has 4 aromatic carbocycles. The van der Waals surface area contributed by atoms with Crippen molar-refractivity contribution in [3.05, 3.63) is 153 Å². The number of hydrogen-bond acceptors (Lipinski definition) is 7. The Morgan fingerprint density at radius 1 is 0.979 bits per heavy atom. The lowest BCUT2D eigenvalue weighted by Gasteiger charge is -2.25. The molecule has 1 atom stereocenters. The van der Waals surface area contributed by atoms with Crippen molar-refractivity contribution in [2.45, 2.75) is 19.6 Å². The van der Waals surface area contributed by atoms with Gasteiger partial charge in [0, 0.05) is 5.56 Å². The van der Waals surface area contributed by atoms with Crippen molar-refractivity contribution < 1.29 is 23.4 Å². The minimum absolute atomic E-state index is 0.112. The Hall–Kier alpha value is -4.41. The van der Waals surface area contributed by atoms with Crippen LogP contribution < -0.4 is 24.4 Å². The average molecular weight is 724 g/mol. The van der Waals surface area contributed by atoms with Crippen LogP contribution in [0, 0.1) is 5.82 Å². The Morgan fingerprint density at radius 2 is 1.73 bits per heavy atom. The Morgan fingerprint density at radius 3 is 2.42 bits per heavy atom. The number of carbonyl (C=O) groups excluding carboxylic acids is 1. The van der Waals surface area contributed by atoms with Crippen LogP contribution in [0.15, 0.2) is 100 Å². The highest BCUT2D eigenvalue weighted by molar-refractivity contribution is 7.07. The van der Waals surface area contributed by atoms with E-state index in [0.717, 1.165) is 16.9 Å². The Bertz CT molecular complexity index is 2240. The second-order valence-corrected chi connectivity index (χ2v) is 12.8. The van der Waals surface area contributed by atoms with E-state index in [9.17, 15) is 14.0 Å². The van der Waals surface area contributed by atoms with Gasteiger partial charge in [0.15, 0.2) is 16.3 Å². The lowest BCUT2D eigenvalue weighted by atomic mass is 9.93. The van der Waals surface area contributed by atoms with Crippen molar-refractivity contribution in [1.29, 1.82) is 0 Å². The largest absolute Gasteiger partial charge is 0.493 e. The van der Waals surface area contributed by atoms with Crippen molar-refractivity contribution in [3.8, 4) is 11.5 Å². The van der Waals surface area contributed by atoms with Gasteiger partial charge in [-0.3, -0.25) is 9.36 Å². The molecule has 7 nitrogen and oxygen atoms in total. The second kappa shape index (κ2) is 14.4. The maximum Gasteiger partial charge on any atom is 0.338 e. The van der Waals surface area contributed by atoms with Crippen LogP contribution >= 0.6 is 46.1 Å². The molecule has 6 rings (SSSR count). The van der Waals surface area contributed by atoms with Crippen LogP contribution in [0.2, 0.25) is 15.1 Å². The lowest BCUT2D eigenvalue weighted by molar-refractivity contribution is -0.138. The number of thiazole rings is 1. The zero-order valence-corrected chi connectivity index (χ0v) is 28.6. The van der Waals surface area contributed by atoms with Crippen LogP contribution in [0.5, 0.6) is 11.5 Å². The van der Waals surface area contributed by atoms with Crippen LogP contribution in [-0.4, -0.2) is 24.3 Å². The number of nitrogens with zero attached hydrogens (tertiary/aromatic N) is 2. The maximum atomic E-state index is 14.2. The van der Waals surface area contributed by atoms with E-state index >= 15 is 0 Å². The van der Waals surface area contributed by atoms with E-state index in [2.05, 4.69) is 0 Å². The summed E-state index contributed by atoms with van der Waals surface area (Å²) in [6.07, 6.45) is 1.67. The molecule has 0 radical (unpaired) electrons. The van der Waals surface area contributed by atoms with E-state index in [1.165, 1.54) is 23.8 Å². The molecule has 0 aliphatic carbocycles. The van der Waals surface area contributed by atoms with Crippen LogP contribution in [0.3, 0.4) is 0 Å². The molecule has 48 heavy (non-hydrogen) atoms. The molecule has 244 valence electrons. The normalized spacial score (nSPS) is 14.4. The van der Waals surface area contributed by atoms with Gasteiger partial charge in [0.05, 0.1) is 50.6 Å². The molecule has 1 aliphatic rings. The van der Waals surface area contributed by atoms with Crippen LogP contribution in [0.25, 0.3) is 11.8 Å². The van der Waals surface area contributed by atoms with E-state index in [-0.39, 0.29) is 23.8 Å². The summed E-state index contributed by atoms with van der Waals surface area (Å²) >= 11 is 20.0. The predicted molar refractivity (Wildman–Crippen MR) is 186 cm³/mol. The third kappa shape index (κ3) is 6.77. The number of esters is 1. The molecule has 5 aromatic rings. The number of fused-ring (bicyclic) bond motifs is 1. The Kier molecular flexibility index (Phi) is 10.0. The van der Waals surface area contributed by atoms with Gasteiger partial charge >= 0.3 is 5.97 Å². The Labute approximate surface area is 293 Å². The number of halogens is 4. The number of aromatic nitrogens is 1. The minimum atomic E-state index is -0.937. The summed E-state index contributed by atoms with van der Waals surface area (Å²) in [5, 5.41) is 1.09. The van der Waals surface area contributed by atoms with E-state index in [1.807, 2.05) is 30.3 Å². The van der Waals surface area contributed by atoms with Crippen LogP contribution in [-0.2, 0) is 16.1 Å². The molecule has 0 bridgehead atoms. The fraction of sp³-hybridized carbons (Fsp3) is 0.139. The van der Waals surface area contributed by atoms with Gasteiger partial charge in [-0.2, -0.15) is 0 Å². The molecule has 0 fully saturated rings. The first-order valence-electron chi connectivity index (χ1n) is 14.7. The molecule has 2 heterocycles. The highest BCUT2D eigenvalue weighted by Gasteiger charge is 2.35. The van der Waals surface area contributed by atoms with Crippen LogP contribution in [0.4, 0.5) is 4.39 Å². The van der Waals surface area contributed by atoms with Gasteiger partial charge in [-0.1, -0.05) is 94.7 Å². The number of methoxy groups -OCH3 is 1. The average Bonchev–Trinajstić information content (AvgIpc) is 3.39. The SMILES string of the molecule is CCOC(=O)C1=C(c2ccccc2)N=c2s/c(=C\c3cc(Cl)c(OCc4ccc(Cl)c(Cl)c4)c(OC)c3)c(=O)n2[C@H]1c1ccc(F)cc1. The molecule has 0 saturated heterocycles. The first kappa shape index (κ1) is 33.5. The summed E-state index contributed by atoms with van der Waals surface area (Å²) in [6, 6.07) is 22.4. The third-order valence-electron chi connectivity index (χ3n) is 7.48. The summed E-state index contributed by atoms with van der Waals surface area (Å²) in [5.74, 6) is -0.420. The van der Waals surface area contributed by atoms with Gasteiger partial charge in [0.1, 0.15) is 12.4 Å². The zero-order chi connectivity index (χ0) is 33.9. The maximum absolute atomic E-state index is 14.2. The smallest absolute Gasteiger partial charge is 0.338 e. The quantitative estimate of drug-likeness (QED) is 0.146. The van der Waals surface area contributed by atoms with Crippen molar-refractivity contribution in [1.82, 2.24) is 4.57 Å². The summed E-state index contributed by atoms with van der Waals surface area (Å²) < 4.78 is 32.9. The monoisotopic (exact) mass is 722 g/mol. The molecule has 1 aromatic heterocycles. The van der Waals surface area contributed by atoms with E-state index in [4.69, 9.17) is 54.0 Å². The van der Waals surface area contributed by atoms with Crippen molar-refractivity contribution >= 4 is 63.9 Å². The first-order valence-corrected chi connectivity index (χ1v) is 16.6. The van der Waals surface area contributed by atoms with Crippen LogP contribution in [0.1, 0.15) is 35.2 Å². The molecule has 0 saturated carbocycles. The topological polar surface area (TPSA) is 79.1 Å². The number of carbonyl (C=O) groups is 1. The molecule has 0 unspecified atom stereocenters. The predicted octanol–water partition coefficient (Wildman–Crippen LogP) is 7.62. The van der Waals surface area contributed by atoms with Gasteiger partial charge in [-0.15, -0.1) is 0 Å². The molecule has 0 amide bonds. The molecule has 0 N–H and O–H groups in total. The number of hydrogen-bond donors (Lipinski definition) is 0. The molecular formula is C36H26Cl3FN2O5S. The van der Waals surface area contributed by atoms with Gasteiger partial charge in [-0.25, -0.2) is 14.2 Å². The fourth-order valence-electron chi connectivity index (χ4n) is 5.30. The van der Waals surface area contributed by atoms with Crippen molar-refractivity contribution in [2.75, 3.05) is 13.7 Å². The summed E-state index contributed by atoms with van der Waals surface area (Å²) in [5.41, 5.74) is 2.65. The first-order chi connectivity index (χ1) is 23.2. The minimum Gasteiger partial charge on any atom is -0.493 e. The molecule has 12 heteroatoms. The van der Waals surface area contributed by atoms with Gasteiger partial charge in [0.25, 0.3) is 5.56 Å². The Balaban J connectivity index is 1.47. The molecule has 0 spiro atoms. The van der Waals surface area contributed by atoms with Gasteiger partial charge < -0.3 is 14.2 Å². The van der Waals surface area contributed by atoms with E-state index in [0.29, 0.717) is 53.3 Å². The summed E-state index contributed by atoms with van der Waals surface area (Å²) in [4.78, 5) is 32.9. The molecular weight excluding hydrogens is 698 g/mol. The molecule has 1 aliphatic heterocycles. The second-order valence-electron chi connectivity index (χ2n) is 10.6. The number of rotatable bonds is 9. The van der Waals surface area contributed by atoms with E-state index < -0.39 is 23.4 Å². The zero-order valence-electron chi connectivity index (χ0n) is 25.5. The third-order valence-corrected chi connectivity index (χ3v) is 9.48. The highest BCUT2D eigenvalue weighted by atomic mass is 35.5. The van der Waals surface area contributed by atoms with Gasteiger partial charge in [-0.05, 0) is 66.1 Å². The van der Waals surface area contributed by atoms with Crippen molar-refractivity contribution in [3.63, 3.8) is 0 Å². The summed E-state index contributed by atoms with van der Waals surface area (Å²) in [6.45, 7) is 1.97. The lowest BCUT2D eigenvalue weighted by Crippen LogP contribution is -2.40. The van der Waals surface area contributed by atoms with E-state index in [1.54, 1.807) is 55.5 Å². The standard InChI is InChI=1S/C36H26Cl3FN2O5S/c1-3-46-35(44)30-31(22-7-5-4-6-8-22)41-36-42(32(30)23-10-12-24(40)13-11-23)34(43)29(48-36)18-21-16-27(39)33(28(17-21)45-2)47-19-20-9-14-25(37)26(38)15-20/h4-18,32H,3,19H2,1-2H3/b29-18-/t32-/m0/s1. The number of benzene rings is 4. The van der Waals surface area contributed by atoms with Gasteiger partial charge in [0.2, 0.25) is 0 Å². The fourth-order valence-corrected chi connectivity index (χ4v) is 6.90.